The van der Waals surface area contributed by atoms with Gasteiger partial charge in [0, 0.05) is 30.6 Å². The first kappa shape index (κ1) is 25.3. The normalized spacial score (nSPS) is 12.6. The van der Waals surface area contributed by atoms with E-state index in [9.17, 15) is 14.7 Å². The van der Waals surface area contributed by atoms with Gasteiger partial charge in [-0.3, -0.25) is 9.59 Å². The molecule has 0 saturated carbocycles. The molecule has 3 N–H and O–H groups in total. The molecule has 2 unspecified atom stereocenters. The number of thiol groups is 1. The zero-order valence-electron chi connectivity index (χ0n) is 19.3. The molecule has 1 heterocycles. The molecule has 34 heavy (non-hydrogen) atoms. The van der Waals surface area contributed by atoms with Gasteiger partial charge >= 0.3 is 5.97 Å². The number of benzene rings is 2. The molecule has 7 heteroatoms. The zero-order chi connectivity index (χ0) is 24.5. The average Bonchev–Trinajstić information content (AvgIpc) is 2.85. The Kier molecular flexibility index (Phi) is 9.10. The minimum absolute atomic E-state index is 0.0283. The minimum atomic E-state index is -0.888. The number of carbonyl (C=O) groups excluding carboxylic acids is 1. The minimum Gasteiger partial charge on any atom is -0.481 e. The molecule has 0 aliphatic heterocycles. The third kappa shape index (κ3) is 7.35. The van der Waals surface area contributed by atoms with E-state index in [4.69, 9.17) is 5.73 Å². The van der Waals surface area contributed by atoms with Crippen LogP contribution in [0.5, 0.6) is 0 Å². The summed E-state index contributed by atoms with van der Waals surface area (Å²) in [5, 5.41) is 9.38. The number of hydrogen-bond acceptors (Lipinski definition) is 5. The number of pyridine rings is 1. The Balaban J connectivity index is 1.57. The van der Waals surface area contributed by atoms with Crippen LogP contribution in [0.2, 0.25) is 0 Å². The van der Waals surface area contributed by atoms with Gasteiger partial charge in [-0.15, -0.1) is 0 Å². The summed E-state index contributed by atoms with van der Waals surface area (Å²) < 4.78 is 0. The van der Waals surface area contributed by atoms with Crippen LogP contribution in [0.3, 0.4) is 0 Å². The predicted molar refractivity (Wildman–Crippen MR) is 138 cm³/mol. The molecule has 2 aromatic carbocycles. The zero-order valence-corrected chi connectivity index (χ0v) is 20.2. The molecule has 0 fully saturated rings. The lowest BCUT2D eigenvalue weighted by Crippen LogP contribution is -2.29. The van der Waals surface area contributed by atoms with Gasteiger partial charge in [0.15, 0.2) is 0 Å². The Morgan fingerprint density at radius 3 is 2.41 bits per heavy atom. The van der Waals surface area contributed by atoms with Gasteiger partial charge in [0.2, 0.25) is 0 Å². The van der Waals surface area contributed by atoms with Crippen molar-refractivity contribution in [3.63, 3.8) is 0 Å². The summed E-state index contributed by atoms with van der Waals surface area (Å²) in [6.45, 7) is 0.631. The number of likely N-dealkylation sites (N-methyl/N-ethyl adjacent to an activating group) is 1. The van der Waals surface area contributed by atoms with Gasteiger partial charge in [-0.2, -0.15) is 12.6 Å². The third-order valence-electron chi connectivity index (χ3n) is 5.91. The molecule has 1 amide bonds. The predicted octanol–water partition coefficient (Wildman–Crippen LogP) is 4.15. The van der Waals surface area contributed by atoms with Crippen molar-refractivity contribution in [2.75, 3.05) is 19.3 Å². The Morgan fingerprint density at radius 2 is 1.74 bits per heavy atom. The topological polar surface area (TPSA) is 96.5 Å². The summed E-state index contributed by atoms with van der Waals surface area (Å²) in [4.78, 5) is 30.5. The molecule has 6 nitrogen and oxygen atoms in total. The maximum Gasteiger partial charge on any atom is 0.307 e. The number of anilines is 1. The van der Waals surface area contributed by atoms with Crippen LogP contribution in [0.15, 0.2) is 72.9 Å². The molecular weight excluding hydrogens is 446 g/mol. The van der Waals surface area contributed by atoms with E-state index in [1.807, 2.05) is 49.5 Å². The number of carbonyl (C=O) groups is 2. The number of aryl methyl sites for hydroxylation is 1. The first-order valence-corrected chi connectivity index (χ1v) is 11.8. The number of nitrogen functional groups attached to an aromatic ring is 1. The van der Waals surface area contributed by atoms with Crippen LogP contribution in [-0.4, -0.2) is 45.7 Å². The number of carboxylic acid groups (broad SMARTS) is 1. The fourth-order valence-electron chi connectivity index (χ4n) is 3.84. The van der Waals surface area contributed by atoms with E-state index >= 15 is 0 Å². The Labute approximate surface area is 206 Å². The molecular formula is C27H31N3O3S. The van der Waals surface area contributed by atoms with Gasteiger partial charge in [-0.1, -0.05) is 48.5 Å². The van der Waals surface area contributed by atoms with Crippen molar-refractivity contribution in [3.05, 3.63) is 95.2 Å². The molecule has 1 aromatic heterocycles. The first-order chi connectivity index (χ1) is 16.3. The van der Waals surface area contributed by atoms with Crippen LogP contribution < -0.4 is 5.73 Å². The van der Waals surface area contributed by atoms with Gasteiger partial charge in [-0.05, 0) is 60.6 Å². The fourth-order valence-corrected chi connectivity index (χ4v) is 4.20. The van der Waals surface area contributed by atoms with Gasteiger partial charge in [0.25, 0.3) is 5.91 Å². The van der Waals surface area contributed by atoms with Gasteiger partial charge in [0.1, 0.15) is 5.82 Å². The highest BCUT2D eigenvalue weighted by Gasteiger charge is 2.26. The number of nitrogens with two attached hydrogens (primary N) is 1. The van der Waals surface area contributed by atoms with Crippen LogP contribution in [0.1, 0.15) is 33.5 Å². The van der Waals surface area contributed by atoms with Crippen molar-refractivity contribution in [1.29, 1.82) is 0 Å². The van der Waals surface area contributed by atoms with E-state index < -0.39 is 11.9 Å². The summed E-state index contributed by atoms with van der Waals surface area (Å²) >= 11 is 4.61. The summed E-state index contributed by atoms with van der Waals surface area (Å²) in [5.74, 6) is -1.17. The van der Waals surface area contributed by atoms with Crippen LogP contribution in [0, 0.1) is 5.92 Å². The lowest BCUT2D eigenvalue weighted by Gasteiger charge is -2.20. The van der Waals surface area contributed by atoms with E-state index in [0.717, 1.165) is 17.5 Å². The Hall–Kier alpha value is -3.32. The van der Waals surface area contributed by atoms with Crippen molar-refractivity contribution in [1.82, 2.24) is 9.88 Å². The molecule has 0 aliphatic rings. The second-order valence-electron chi connectivity index (χ2n) is 8.51. The van der Waals surface area contributed by atoms with Crippen molar-refractivity contribution in [2.24, 2.45) is 5.92 Å². The number of aromatic nitrogens is 1. The third-order valence-corrected chi connectivity index (χ3v) is 6.53. The number of rotatable bonds is 11. The van der Waals surface area contributed by atoms with Gasteiger partial charge in [0.05, 0.1) is 5.92 Å². The van der Waals surface area contributed by atoms with E-state index in [2.05, 4.69) is 29.7 Å². The molecule has 3 rings (SSSR count). The number of hydrogen-bond donors (Lipinski definition) is 3. The Morgan fingerprint density at radius 1 is 1.00 bits per heavy atom. The van der Waals surface area contributed by atoms with Gasteiger partial charge < -0.3 is 15.7 Å². The summed E-state index contributed by atoms with van der Waals surface area (Å²) in [7, 11) is 1.81. The maximum atomic E-state index is 12.9. The average molecular weight is 478 g/mol. The van der Waals surface area contributed by atoms with Crippen molar-refractivity contribution < 1.29 is 14.7 Å². The monoisotopic (exact) mass is 477 g/mol. The first-order valence-electron chi connectivity index (χ1n) is 11.3. The molecule has 0 bridgehead atoms. The quantitative estimate of drug-likeness (QED) is 0.361. The molecule has 178 valence electrons. The molecule has 0 spiro atoms. The van der Waals surface area contributed by atoms with Crippen molar-refractivity contribution in [2.45, 2.75) is 30.9 Å². The van der Waals surface area contributed by atoms with Crippen LogP contribution in [0.4, 0.5) is 5.82 Å². The SMILES string of the molecule is CN(CCc1ccccc1)C(=O)c1cccc(CCC(S)C(Cc2ccc(N)nc2)C(=O)O)c1. The largest absolute Gasteiger partial charge is 0.481 e. The van der Waals surface area contributed by atoms with E-state index in [1.165, 1.54) is 5.56 Å². The molecule has 0 aliphatic carbocycles. The maximum absolute atomic E-state index is 12.9. The molecule has 2 atom stereocenters. The second kappa shape index (κ2) is 12.2. The summed E-state index contributed by atoms with van der Waals surface area (Å²) in [6, 6.07) is 21.1. The van der Waals surface area contributed by atoms with E-state index in [-0.39, 0.29) is 11.2 Å². The number of carboxylic acids is 1. The highest BCUT2D eigenvalue weighted by molar-refractivity contribution is 7.81. The van der Waals surface area contributed by atoms with E-state index in [1.54, 1.807) is 23.2 Å². The van der Waals surface area contributed by atoms with Gasteiger partial charge in [-0.25, -0.2) is 4.98 Å². The standard InChI is InChI=1S/C27H31N3O3S/c1-30(15-14-19-6-3-2-4-7-19)26(31)22-9-5-8-20(16-22)10-12-24(34)23(27(32)33)17-21-11-13-25(28)29-18-21/h2-9,11,13,16,18,23-24,34H,10,12,14-15,17H2,1H3,(H2,28,29)(H,32,33). The smallest absolute Gasteiger partial charge is 0.307 e. The van der Waals surface area contributed by atoms with Crippen LogP contribution >= 0.6 is 12.6 Å². The Bertz CT molecular complexity index is 1090. The second-order valence-corrected chi connectivity index (χ2v) is 9.17. The highest BCUT2D eigenvalue weighted by atomic mass is 32.1. The lowest BCUT2D eigenvalue weighted by atomic mass is 9.93. The molecule has 0 saturated heterocycles. The van der Waals surface area contributed by atoms with Crippen molar-refractivity contribution in [3.8, 4) is 0 Å². The number of amides is 1. The number of nitrogens with zero attached hydrogens (tertiary/aromatic N) is 2. The van der Waals surface area contributed by atoms with Crippen LogP contribution in [-0.2, 0) is 24.1 Å². The van der Waals surface area contributed by atoms with E-state index in [0.29, 0.717) is 37.2 Å². The summed E-state index contributed by atoms with van der Waals surface area (Å²) in [6.07, 6.45) is 3.94. The van der Waals surface area contributed by atoms with Crippen molar-refractivity contribution >= 4 is 30.3 Å². The molecule has 0 radical (unpaired) electrons. The highest BCUT2D eigenvalue weighted by Crippen LogP contribution is 2.22. The van der Waals surface area contributed by atoms with Crippen LogP contribution in [0.25, 0.3) is 0 Å². The fraction of sp³-hybridized carbons (Fsp3) is 0.296. The number of aliphatic carboxylic acids is 1. The molecule has 3 aromatic rings. The lowest BCUT2D eigenvalue weighted by molar-refractivity contribution is -0.141. The summed E-state index contributed by atoms with van der Waals surface area (Å²) in [5.41, 5.74) is 9.24.